The van der Waals surface area contributed by atoms with Gasteiger partial charge >= 0.3 is 0 Å². The van der Waals surface area contributed by atoms with Crippen LogP contribution in [0, 0.1) is 0 Å². The number of aryl methyl sites for hydroxylation is 2. The first kappa shape index (κ1) is 18.8. The van der Waals surface area contributed by atoms with Crippen molar-refractivity contribution in [3.63, 3.8) is 0 Å². The highest BCUT2D eigenvalue weighted by atomic mass is 16.5. The van der Waals surface area contributed by atoms with Crippen molar-refractivity contribution < 1.29 is 9.32 Å². The highest BCUT2D eigenvalue weighted by molar-refractivity contribution is 5.77. The third kappa shape index (κ3) is 5.48. The standard InChI is InChI=1S/C21H24N4O2/c1-2-7-18-23-20(27-25-18)11-6-10-19(26)24-21(16-8-4-3-5-9-16)17-12-14-22-15-13-17/h3-5,8-9,12-15,21H,2,6-7,10-11H2,1H3,(H,24,26). The van der Waals surface area contributed by atoms with Gasteiger partial charge in [0.1, 0.15) is 0 Å². The largest absolute Gasteiger partial charge is 0.345 e. The van der Waals surface area contributed by atoms with Gasteiger partial charge in [-0.05, 0) is 36.1 Å². The van der Waals surface area contributed by atoms with Crippen LogP contribution in [0.25, 0.3) is 0 Å². The summed E-state index contributed by atoms with van der Waals surface area (Å²) in [5, 5.41) is 7.07. The summed E-state index contributed by atoms with van der Waals surface area (Å²) in [4.78, 5) is 20.9. The summed E-state index contributed by atoms with van der Waals surface area (Å²) in [6.45, 7) is 2.08. The van der Waals surface area contributed by atoms with E-state index in [1.54, 1.807) is 12.4 Å². The molecule has 0 aliphatic carbocycles. The summed E-state index contributed by atoms with van der Waals surface area (Å²) in [6, 6.07) is 13.6. The molecule has 1 atom stereocenters. The van der Waals surface area contributed by atoms with Crippen LogP contribution in [-0.2, 0) is 17.6 Å². The highest BCUT2D eigenvalue weighted by Gasteiger charge is 2.16. The molecule has 1 unspecified atom stereocenters. The molecule has 27 heavy (non-hydrogen) atoms. The third-order valence-electron chi connectivity index (χ3n) is 4.26. The molecule has 0 saturated carbocycles. The van der Waals surface area contributed by atoms with E-state index in [4.69, 9.17) is 4.52 Å². The Bertz CT molecular complexity index is 794. The lowest BCUT2D eigenvalue weighted by molar-refractivity contribution is -0.121. The molecule has 0 radical (unpaired) electrons. The Kier molecular flexibility index (Phi) is 6.68. The molecule has 0 bridgehead atoms. The van der Waals surface area contributed by atoms with Crippen molar-refractivity contribution >= 4 is 5.91 Å². The van der Waals surface area contributed by atoms with Crippen LogP contribution in [0.3, 0.4) is 0 Å². The van der Waals surface area contributed by atoms with Gasteiger partial charge in [0.15, 0.2) is 5.82 Å². The van der Waals surface area contributed by atoms with Gasteiger partial charge in [-0.1, -0.05) is 42.4 Å². The van der Waals surface area contributed by atoms with Gasteiger partial charge in [-0.3, -0.25) is 9.78 Å². The zero-order valence-corrected chi connectivity index (χ0v) is 15.5. The molecule has 0 saturated heterocycles. The predicted molar refractivity (Wildman–Crippen MR) is 102 cm³/mol. The lowest BCUT2D eigenvalue weighted by Crippen LogP contribution is -2.29. The van der Waals surface area contributed by atoms with E-state index in [0.29, 0.717) is 25.2 Å². The number of rotatable bonds is 9. The number of carbonyl (C=O) groups is 1. The number of carbonyl (C=O) groups excluding carboxylic acids is 1. The fourth-order valence-corrected chi connectivity index (χ4v) is 2.91. The molecule has 1 N–H and O–H groups in total. The minimum atomic E-state index is -0.193. The van der Waals surface area contributed by atoms with Gasteiger partial charge in [-0.2, -0.15) is 4.98 Å². The number of pyridine rings is 1. The monoisotopic (exact) mass is 364 g/mol. The summed E-state index contributed by atoms with van der Waals surface area (Å²) in [6.07, 6.45) is 6.94. The van der Waals surface area contributed by atoms with E-state index < -0.39 is 0 Å². The van der Waals surface area contributed by atoms with Gasteiger partial charge in [0, 0.05) is 31.7 Å². The van der Waals surface area contributed by atoms with E-state index in [9.17, 15) is 4.79 Å². The highest BCUT2D eigenvalue weighted by Crippen LogP contribution is 2.21. The summed E-state index contributed by atoms with van der Waals surface area (Å²) >= 11 is 0. The molecule has 2 aromatic heterocycles. The van der Waals surface area contributed by atoms with Crippen LogP contribution in [0.4, 0.5) is 0 Å². The first-order valence-electron chi connectivity index (χ1n) is 9.32. The molecule has 3 aromatic rings. The molecule has 2 heterocycles. The van der Waals surface area contributed by atoms with Crippen molar-refractivity contribution in [1.29, 1.82) is 0 Å². The van der Waals surface area contributed by atoms with Crippen molar-refractivity contribution in [2.45, 2.75) is 45.1 Å². The van der Waals surface area contributed by atoms with Crippen LogP contribution in [0.5, 0.6) is 0 Å². The number of hydrogen-bond donors (Lipinski definition) is 1. The molecular weight excluding hydrogens is 340 g/mol. The summed E-state index contributed by atoms with van der Waals surface area (Å²) in [5.74, 6) is 1.33. The second-order valence-electron chi connectivity index (χ2n) is 6.40. The topological polar surface area (TPSA) is 80.9 Å². The molecule has 140 valence electrons. The number of amides is 1. The van der Waals surface area contributed by atoms with E-state index in [1.165, 1.54) is 0 Å². The van der Waals surface area contributed by atoms with Crippen LogP contribution < -0.4 is 5.32 Å². The minimum absolute atomic E-state index is 0.00559. The predicted octanol–water partition coefficient (Wildman–Crippen LogP) is 3.65. The number of aromatic nitrogens is 3. The van der Waals surface area contributed by atoms with Gasteiger partial charge in [-0.25, -0.2) is 0 Å². The molecule has 0 spiro atoms. The lowest BCUT2D eigenvalue weighted by Gasteiger charge is -2.19. The fraction of sp³-hybridized carbons (Fsp3) is 0.333. The Hall–Kier alpha value is -3.02. The second kappa shape index (κ2) is 9.62. The molecule has 3 rings (SSSR count). The summed E-state index contributed by atoms with van der Waals surface area (Å²) in [5.41, 5.74) is 2.05. The first-order valence-corrected chi connectivity index (χ1v) is 9.32. The van der Waals surface area contributed by atoms with Crippen LogP contribution >= 0.6 is 0 Å². The van der Waals surface area contributed by atoms with E-state index in [0.717, 1.165) is 29.8 Å². The SMILES string of the molecule is CCCc1noc(CCCC(=O)NC(c2ccccc2)c2ccncc2)n1. The van der Waals surface area contributed by atoms with Crippen molar-refractivity contribution in [2.75, 3.05) is 0 Å². The Morgan fingerprint density at radius 3 is 2.56 bits per heavy atom. The van der Waals surface area contributed by atoms with Crippen LogP contribution in [0.15, 0.2) is 59.4 Å². The number of nitrogens with zero attached hydrogens (tertiary/aromatic N) is 3. The summed E-state index contributed by atoms with van der Waals surface area (Å²) in [7, 11) is 0. The molecular formula is C21H24N4O2. The van der Waals surface area contributed by atoms with Crippen LogP contribution in [-0.4, -0.2) is 21.0 Å². The Balaban J connectivity index is 1.58. The van der Waals surface area contributed by atoms with Crippen molar-refractivity contribution in [2.24, 2.45) is 0 Å². The van der Waals surface area contributed by atoms with Crippen LogP contribution in [0.1, 0.15) is 55.1 Å². The molecule has 0 fully saturated rings. The Morgan fingerprint density at radius 1 is 1.07 bits per heavy atom. The van der Waals surface area contributed by atoms with E-state index >= 15 is 0 Å². The Morgan fingerprint density at radius 2 is 1.81 bits per heavy atom. The maximum absolute atomic E-state index is 12.5. The second-order valence-corrected chi connectivity index (χ2v) is 6.40. The lowest BCUT2D eigenvalue weighted by atomic mass is 9.99. The van der Waals surface area contributed by atoms with Gasteiger partial charge < -0.3 is 9.84 Å². The molecule has 0 aliphatic heterocycles. The number of hydrogen-bond acceptors (Lipinski definition) is 5. The average Bonchev–Trinajstić information content (AvgIpc) is 3.15. The zero-order chi connectivity index (χ0) is 18.9. The minimum Gasteiger partial charge on any atom is -0.345 e. The molecule has 1 amide bonds. The number of benzene rings is 1. The average molecular weight is 364 g/mol. The smallest absolute Gasteiger partial charge is 0.226 e. The molecule has 6 nitrogen and oxygen atoms in total. The maximum Gasteiger partial charge on any atom is 0.226 e. The van der Waals surface area contributed by atoms with Crippen molar-refractivity contribution in [3.05, 3.63) is 77.7 Å². The van der Waals surface area contributed by atoms with Gasteiger partial charge in [0.05, 0.1) is 6.04 Å². The molecule has 6 heteroatoms. The van der Waals surface area contributed by atoms with E-state index in [2.05, 4.69) is 27.4 Å². The first-order chi connectivity index (χ1) is 13.3. The van der Waals surface area contributed by atoms with Gasteiger partial charge in [-0.15, -0.1) is 0 Å². The van der Waals surface area contributed by atoms with Crippen LogP contribution in [0.2, 0.25) is 0 Å². The molecule has 0 aliphatic rings. The fourth-order valence-electron chi connectivity index (χ4n) is 2.91. The quantitative estimate of drug-likeness (QED) is 0.627. The van der Waals surface area contributed by atoms with E-state index in [-0.39, 0.29) is 11.9 Å². The van der Waals surface area contributed by atoms with Crippen molar-refractivity contribution in [3.8, 4) is 0 Å². The Labute approximate surface area is 159 Å². The molecule has 1 aromatic carbocycles. The maximum atomic E-state index is 12.5. The van der Waals surface area contributed by atoms with Gasteiger partial charge in [0.2, 0.25) is 11.8 Å². The number of nitrogens with one attached hydrogen (secondary N) is 1. The third-order valence-corrected chi connectivity index (χ3v) is 4.26. The van der Waals surface area contributed by atoms with Crippen molar-refractivity contribution in [1.82, 2.24) is 20.4 Å². The van der Waals surface area contributed by atoms with E-state index in [1.807, 2.05) is 42.5 Å². The van der Waals surface area contributed by atoms with Gasteiger partial charge in [0.25, 0.3) is 0 Å². The summed E-state index contributed by atoms with van der Waals surface area (Å²) < 4.78 is 5.22. The zero-order valence-electron chi connectivity index (χ0n) is 15.5. The normalized spacial score (nSPS) is 11.9.